The zero-order chi connectivity index (χ0) is 19.0. The second kappa shape index (κ2) is 8.09. The number of nitrogens with two attached hydrogens (primary N) is 1. The number of benzene rings is 3. The molecule has 0 fully saturated rings. The van der Waals surface area contributed by atoms with E-state index in [2.05, 4.69) is 0 Å². The Kier molecular flexibility index (Phi) is 5.77. The highest BCUT2D eigenvalue weighted by Gasteiger charge is 2.33. The average Bonchev–Trinajstić information content (AvgIpc) is 2.67. The number of hydrogen-bond acceptors (Lipinski definition) is 4. The molecule has 146 valence electrons. The number of hydrogen-bond donors (Lipinski definition) is 2. The molecule has 0 bridgehead atoms. The lowest BCUT2D eigenvalue weighted by Gasteiger charge is -2.28. The molecular weight excluding hydrogens is 378 g/mol. The van der Waals surface area contributed by atoms with E-state index < -0.39 is 11.9 Å². The molecule has 0 radical (unpaired) electrons. The van der Waals surface area contributed by atoms with Crippen molar-refractivity contribution in [3.05, 3.63) is 65.7 Å². The number of aliphatic carboxylic acids is 1. The first-order valence-corrected chi connectivity index (χ1v) is 8.93. The van der Waals surface area contributed by atoms with E-state index >= 15 is 0 Å². The molecule has 4 rings (SSSR count). The fourth-order valence-electron chi connectivity index (χ4n) is 3.84. The highest BCUT2D eigenvalue weighted by atomic mass is 35.5. The van der Waals surface area contributed by atoms with Gasteiger partial charge in [-0.3, -0.25) is 4.79 Å². The van der Waals surface area contributed by atoms with Crippen molar-refractivity contribution in [1.29, 1.82) is 0 Å². The molecule has 0 aromatic heterocycles. The van der Waals surface area contributed by atoms with Gasteiger partial charge in [0.05, 0.1) is 18.4 Å². The predicted molar refractivity (Wildman–Crippen MR) is 111 cm³/mol. The van der Waals surface area contributed by atoms with Crippen LogP contribution in [0.4, 0.5) is 0 Å². The van der Waals surface area contributed by atoms with Gasteiger partial charge in [0.25, 0.3) is 0 Å². The van der Waals surface area contributed by atoms with Crippen LogP contribution in [0.5, 0.6) is 17.2 Å². The Morgan fingerprint density at radius 3 is 2.50 bits per heavy atom. The average molecular weight is 400 g/mol. The Morgan fingerprint density at radius 1 is 1.11 bits per heavy atom. The molecule has 3 aromatic carbocycles. The molecular formula is C22H22ClNO4. The maximum atomic E-state index is 11.7. The Bertz CT molecular complexity index is 1020. The summed E-state index contributed by atoms with van der Waals surface area (Å²) in [5.41, 5.74) is 7.83. The Hall–Kier alpha value is -2.76. The molecule has 28 heavy (non-hydrogen) atoms. The molecule has 2 unspecified atom stereocenters. The van der Waals surface area contributed by atoms with E-state index in [1.807, 2.05) is 48.5 Å². The van der Waals surface area contributed by atoms with Crippen molar-refractivity contribution in [1.82, 2.24) is 0 Å². The lowest BCUT2D eigenvalue weighted by molar-refractivity contribution is -0.139. The van der Waals surface area contributed by atoms with Gasteiger partial charge < -0.3 is 20.3 Å². The summed E-state index contributed by atoms with van der Waals surface area (Å²) < 4.78 is 11.6. The van der Waals surface area contributed by atoms with E-state index in [4.69, 9.17) is 15.2 Å². The fourth-order valence-corrected chi connectivity index (χ4v) is 3.84. The molecule has 0 spiro atoms. The normalized spacial score (nSPS) is 18.1. The van der Waals surface area contributed by atoms with Crippen LogP contribution in [0, 0.1) is 0 Å². The zero-order valence-electron chi connectivity index (χ0n) is 15.4. The van der Waals surface area contributed by atoms with Crippen LogP contribution in [0.2, 0.25) is 0 Å². The van der Waals surface area contributed by atoms with Crippen LogP contribution in [-0.4, -0.2) is 24.2 Å². The Morgan fingerprint density at radius 2 is 1.82 bits per heavy atom. The van der Waals surface area contributed by atoms with E-state index in [1.165, 1.54) is 0 Å². The molecule has 0 amide bonds. The van der Waals surface area contributed by atoms with E-state index in [0.717, 1.165) is 34.1 Å². The quantitative estimate of drug-likeness (QED) is 0.674. The molecule has 0 saturated heterocycles. The number of carbonyl (C=O) groups is 1. The van der Waals surface area contributed by atoms with Gasteiger partial charge in [-0.2, -0.15) is 0 Å². The number of carboxylic acid groups (broad SMARTS) is 1. The number of ether oxygens (including phenoxy) is 2. The van der Waals surface area contributed by atoms with Crippen LogP contribution in [-0.2, 0) is 11.2 Å². The van der Waals surface area contributed by atoms with Crippen molar-refractivity contribution >= 4 is 29.1 Å². The summed E-state index contributed by atoms with van der Waals surface area (Å²) in [7, 11) is 1.63. The largest absolute Gasteiger partial charge is 0.496 e. The third kappa shape index (κ3) is 3.51. The first-order chi connectivity index (χ1) is 13.1. The van der Waals surface area contributed by atoms with Crippen molar-refractivity contribution in [3.63, 3.8) is 0 Å². The molecule has 3 N–H and O–H groups in total. The summed E-state index contributed by atoms with van der Waals surface area (Å²) in [6, 6.07) is 16.9. The molecule has 0 aliphatic heterocycles. The first-order valence-electron chi connectivity index (χ1n) is 8.93. The maximum absolute atomic E-state index is 11.7. The third-order valence-electron chi connectivity index (χ3n) is 5.17. The topological polar surface area (TPSA) is 81.8 Å². The smallest absolute Gasteiger partial charge is 0.312 e. The van der Waals surface area contributed by atoms with Gasteiger partial charge in [-0.1, -0.05) is 30.3 Å². The standard InChI is InChI=1S/C22H21NO4.ClH/c1-26-18-6-2-4-14-5-3-7-19(20(14)18)27-15-10-8-13-9-11-17(23)21(22(24)25)16(13)12-15;/h2-8,10,12,17,21H,9,11,23H2,1H3,(H,24,25);1H. The molecule has 1 aliphatic rings. The number of fused-ring (bicyclic) bond motifs is 2. The molecule has 0 heterocycles. The monoisotopic (exact) mass is 399 g/mol. The van der Waals surface area contributed by atoms with Crippen LogP contribution < -0.4 is 15.2 Å². The van der Waals surface area contributed by atoms with E-state index in [0.29, 0.717) is 17.9 Å². The lowest BCUT2D eigenvalue weighted by Crippen LogP contribution is -2.37. The molecule has 1 aliphatic carbocycles. The van der Waals surface area contributed by atoms with Crippen LogP contribution in [0.25, 0.3) is 10.8 Å². The third-order valence-corrected chi connectivity index (χ3v) is 5.17. The second-order valence-electron chi connectivity index (χ2n) is 6.80. The van der Waals surface area contributed by atoms with Crippen molar-refractivity contribution < 1.29 is 19.4 Å². The summed E-state index contributed by atoms with van der Waals surface area (Å²) in [5, 5.41) is 11.5. The van der Waals surface area contributed by atoms with Crippen molar-refractivity contribution in [2.24, 2.45) is 5.73 Å². The highest BCUT2D eigenvalue weighted by Crippen LogP contribution is 2.39. The summed E-state index contributed by atoms with van der Waals surface area (Å²) in [4.78, 5) is 11.7. The highest BCUT2D eigenvalue weighted by molar-refractivity contribution is 5.94. The minimum atomic E-state index is -0.896. The fraction of sp³-hybridized carbons (Fsp3) is 0.227. The van der Waals surface area contributed by atoms with Gasteiger partial charge in [-0.05, 0) is 53.6 Å². The Labute approximate surface area is 169 Å². The van der Waals surface area contributed by atoms with Crippen LogP contribution in [0.15, 0.2) is 54.6 Å². The number of methoxy groups -OCH3 is 1. The summed E-state index contributed by atoms with van der Waals surface area (Å²) >= 11 is 0. The van der Waals surface area contributed by atoms with Crippen molar-refractivity contribution in [3.8, 4) is 17.2 Å². The zero-order valence-corrected chi connectivity index (χ0v) is 16.2. The SMILES string of the molecule is COc1cccc2cccc(Oc3ccc4c(c3)C(C(=O)O)C(N)CC4)c12.Cl. The van der Waals surface area contributed by atoms with Gasteiger partial charge >= 0.3 is 5.97 Å². The lowest BCUT2D eigenvalue weighted by atomic mass is 9.79. The number of carboxylic acids is 1. The van der Waals surface area contributed by atoms with Crippen molar-refractivity contribution in [2.75, 3.05) is 7.11 Å². The molecule has 5 nitrogen and oxygen atoms in total. The maximum Gasteiger partial charge on any atom is 0.312 e. The van der Waals surface area contributed by atoms with Crippen molar-refractivity contribution in [2.45, 2.75) is 24.8 Å². The molecule has 6 heteroatoms. The predicted octanol–water partition coefficient (Wildman–Crippen LogP) is 4.50. The summed E-state index contributed by atoms with van der Waals surface area (Å²) in [5.74, 6) is 0.377. The molecule has 2 atom stereocenters. The van der Waals surface area contributed by atoms with Gasteiger partial charge in [-0.25, -0.2) is 0 Å². The van der Waals surface area contributed by atoms with Gasteiger partial charge in [0.2, 0.25) is 0 Å². The first kappa shape index (κ1) is 20.0. The van der Waals surface area contributed by atoms with Crippen LogP contribution in [0.1, 0.15) is 23.5 Å². The van der Waals surface area contributed by atoms with Gasteiger partial charge in [0.15, 0.2) is 0 Å². The minimum Gasteiger partial charge on any atom is -0.496 e. The molecule has 0 saturated carbocycles. The second-order valence-corrected chi connectivity index (χ2v) is 6.80. The summed E-state index contributed by atoms with van der Waals surface area (Å²) in [6.45, 7) is 0. The number of aryl methyl sites for hydroxylation is 1. The summed E-state index contributed by atoms with van der Waals surface area (Å²) in [6.07, 6.45) is 1.45. The van der Waals surface area contributed by atoms with Crippen LogP contribution >= 0.6 is 12.4 Å². The number of rotatable bonds is 4. The Balaban J connectivity index is 0.00000225. The van der Waals surface area contributed by atoms with Gasteiger partial charge in [0.1, 0.15) is 17.2 Å². The number of halogens is 1. The van der Waals surface area contributed by atoms with E-state index in [1.54, 1.807) is 13.2 Å². The minimum absolute atomic E-state index is 0. The van der Waals surface area contributed by atoms with Gasteiger partial charge in [0, 0.05) is 6.04 Å². The van der Waals surface area contributed by atoms with Crippen LogP contribution in [0.3, 0.4) is 0 Å². The van der Waals surface area contributed by atoms with E-state index in [9.17, 15) is 9.90 Å². The van der Waals surface area contributed by atoms with Gasteiger partial charge in [-0.15, -0.1) is 12.4 Å². The molecule has 3 aromatic rings. The van der Waals surface area contributed by atoms with E-state index in [-0.39, 0.29) is 18.4 Å².